The number of carbonyl (C=O) groups is 1. The maximum absolute atomic E-state index is 13.1. The van der Waals surface area contributed by atoms with E-state index in [9.17, 15) is 13.2 Å². The van der Waals surface area contributed by atoms with Crippen molar-refractivity contribution in [3.8, 4) is 16.9 Å². The number of nitrogens with one attached hydrogen (secondary N) is 1. The van der Waals surface area contributed by atoms with Crippen LogP contribution in [0.4, 0.5) is 0 Å². The zero-order chi connectivity index (χ0) is 22.0. The van der Waals surface area contributed by atoms with Gasteiger partial charge in [-0.3, -0.25) is 4.79 Å². The number of fused-ring (bicyclic) bond motifs is 5. The van der Waals surface area contributed by atoms with Crippen molar-refractivity contribution >= 4 is 16.1 Å². The van der Waals surface area contributed by atoms with Crippen LogP contribution in [-0.2, 0) is 21.4 Å². The fourth-order valence-corrected chi connectivity index (χ4v) is 5.25. The molecule has 2 atom stereocenters. The van der Waals surface area contributed by atoms with Crippen molar-refractivity contribution in [3.05, 3.63) is 54.1 Å². The molecule has 0 aliphatic carbocycles. The van der Waals surface area contributed by atoms with E-state index >= 15 is 0 Å². The largest absolute Gasteiger partial charge is 0.492 e. The number of ether oxygens (including phenoxy) is 1. The van der Waals surface area contributed by atoms with Gasteiger partial charge < -0.3 is 9.64 Å². The van der Waals surface area contributed by atoms with E-state index in [1.54, 1.807) is 0 Å². The molecular weight excluding hydrogens is 414 g/mol. The average Bonchev–Trinajstić information content (AvgIpc) is 2.74. The van der Waals surface area contributed by atoms with Gasteiger partial charge in [-0.25, -0.2) is 0 Å². The summed E-state index contributed by atoms with van der Waals surface area (Å²) < 4.78 is 35.1. The zero-order valence-corrected chi connectivity index (χ0v) is 18.8. The number of piperidine rings is 1. The summed E-state index contributed by atoms with van der Waals surface area (Å²) >= 11 is 0. The Morgan fingerprint density at radius 2 is 1.94 bits per heavy atom. The Morgan fingerprint density at radius 3 is 2.74 bits per heavy atom. The van der Waals surface area contributed by atoms with E-state index in [0.29, 0.717) is 19.4 Å². The van der Waals surface area contributed by atoms with Crippen molar-refractivity contribution in [1.82, 2.24) is 13.9 Å². The summed E-state index contributed by atoms with van der Waals surface area (Å²) in [5.74, 6) is 0.757. The van der Waals surface area contributed by atoms with Crippen molar-refractivity contribution in [2.45, 2.75) is 37.8 Å². The molecule has 1 saturated heterocycles. The second-order valence-electron chi connectivity index (χ2n) is 8.31. The normalized spacial score (nSPS) is 22.0. The average molecular weight is 444 g/mol. The molecule has 2 heterocycles. The number of hydrogen-bond acceptors (Lipinski definition) is 4. The van der Waals surface area contributed by atoms with Crippen LogP contribution >= 0.6 is 0 Å². The molecule has 0 spiro atoms. The summed E-state index contributed by atoms with van der Waals surface area (Å²) in [5, 5.41) is 0. The van der Waals surface area contributed by atoms with Gasteiger partial charge in [0.1, 0.15) is 5.75 Å². The fourth-order valence-electron chi connectivity index (χ4n) is 4.38. The molecule has 31 heavy (non-hydrogen) atoms. The van der Waals surface area contributed by atoms with Gasteiger partial charge in [-0.2, -0.15) is 17.4 Å². The first-order valence-corrected chi connectivity index (χ1v) is 12.1. The molecule has 2 aromatic rings. The lowest BCUT2D eigenvalue weighted by atomic mass is 9.90. The molecule has 2 aliphatic heterocycles. The second kappa shape index (κ2) is 8.98. The maximum atomic E-state index is 13.1. The zero-order valence-electron chi connectivity index (χ0n) is 18.0. The minimum absolute atomic E-state index is 0.00652. The van der Waals surface area contributed by atoms with E-state index in [0.717, 1.165) is 28.9 Å². The first kappa shape index (κ1) is 21.8. The number of hydrogen-bond donors (Lipinski definition) is 1. The van der Waals surface area contributed by atoms with Gasteiger partial charge in [0.25, 0.3) is 10.2 Å². The third-order valence-electron chi connectivity index (χ3n) is 6.02. The monoisotopic (exact) mass is 443 g/mol. The quantitative estimate of drug-likeness (QED) is 0.790. The van der Waals surface area contributed by atoms with Crippen LogP contribution in [0.5, 0.6) is 5.75 Å². The van der Waals surface area contributed by atoms with E-state index in [1.807, 2.05) is 47.4 Å². The molecule has 1 amide bonds. The molecule has 0 aromatic heterocycles. The molecule has 0 unspecified atom stereocenters. The number of para-hydroxylation sites is 1. The summed E-state index contributed by atoms with van der Waals surface area (Å²) in [5.41, 5.74) is 3.10. The number of rotatable bonds is 3. The fraction of sp³-hybridized carbons (Fsp3) is 0.435. The lowest BCUT2D eigenvalue weighted by Gasteiger charge is -2.42. The third-order valence-corrected chi connectivity index (χ3v) is 7.59. The Balaban J connectivity index is 1.73. The maximum Gasteiger partial charge on any atom is 0.279 e. The molecule has 166 valence electrons. The first-order valence-electron chi connectivity index (χ1n) is 10.7. The van der Waals surface area contributed by atoms with Gasteiger partial charge in [0.2, 0.25) is 5.91 Å². The highest BCUT2D eigenvalue weighted by molar-refractivity contribution is 7.87. The molecule has 4 rings (SSSR count). The molecule has 2 aromatic carbocycles. The molecule has 7 nitrogen and oxygen atoms in total. The number of benzene rings is 2. The van der Waals surface area contributed by atoms with Crippen LogP contribution in [0.25, 0.3) is 11.1 Å². The lowest BCUT2D eigenvalue weighted by Crippen LogP contribution is -2.59. The van der Waals surface area contributed by atoms with E-state index in [1.165, 1.54) is 18.4 Å². The SMILES string of the molecule is CN(C)S(=O)(=O)N[C@@H]1CCCN2C(=O)CCOc3ccccc3-c3cccc(c3)C[C@H]12. The van der Waals surface area contributed by atoms with Gasteiger partial charge in [0.15, 0.2) is 0 Å². The van der Waals surface area contributed by atoms with Gasteiger partial charge in [0, 0.05) is 32.2 Å². The molecular formula is C23H29N3O4S. The van der Waals surface area contributed by atoms with Crippen molar-refractivity contribution < 1.29 is 17.9 Å². The summed E-state index contributed by atoms with van der Waals surface area (Å²) in [4.78, 5) is 14.9. The minimum Gasteiger partial charge on any atom is -0.492 e. The lowest BCUT2D eigenvalue weighted by molar-refractivity contribution is -0.136. The standard InChI is InChI=1S/C23H29N3O4S/c1-25(2)31(28,29)24-20-10-6-13-26-21(20)16-17-7-5-8-18(15-17)19-9-3-4-11-22(19)30-14-12-23(26)27/h3-5,7-9,11,15,20-21,24H,6,10,12-14,16H2,1-2H3/t20-,21-/m1/s1. The Labute approximate surface area is 184 Å². The third kappa shape index (κ3) is 4.76. The predicted octanol–water partition coefficient (Wildman–Crippen LogP) is 2.43. The molecule has 1 N–H and O–H groups in total. The van der Waals surface area contributed by atoms with Gasteiger partial charge in [-0.1, -0.05) is 42.5 Å². The van der Waals surface area contributed by atoms with E-state index in [2.05, 4.69) is 10.8 Å². The summed E-state index contributed by atoms with van der Waals surface area (Å²) in [6.07, 6.45) is 2.29. The van der Waals surface area contributed by atoms with Crippen molar-refractivity contribution in [2.24, 2.45) is 0 Å². The number of carbonyl (C=O) groups excluding carboxylic acids is 1. The van der Waals surface area contributed by atoms with Crippen molar-refractivity contribution in [2.75, 3.05) is 27.2 Å². The second-order valence-corrected chi connectivity index (χ2v) is 10.2. The Morgan fingerprint density at radius 1 is 1.13 bits per heavy atom. The molecule has 0 radical (unpaired) electrons. The Bertz CT molecular complexity index is 1050. The minimum atomic E-state index is -3.61. The molecule has 0 saturated carbocycles. The number of amides is 1. The highest BCUT2D eigenvalue weighted by Crippen LogP contribution is 2.32. The number of nitrogens with zero attached hydrogens (tertiary/aromatic N) is 2. The van der Waals surface area contributed by atoms with E-state index in [4.69, 9.17) is 4.74 Å². The van der Waals surface area contributed by atoms with Gasteiger partial charge >= 0.3 is 0 Å². The highest BCUT2D eigenvalue weighted by atomic mass is 32.2. The molecule has 1 fully saturated rings. The van der Waals surface area contributed by atoms with Crippen LogP contribution in [0.3, 0.4) is 0 Å². The van der Waals surface area contributed by atoms with Gasteiger partial charge in [0.05, 0.1) is 19.1 Å². The summed E-state index contributed by atoms with van der Waals surface area (Å²) in [6.45, 7) is 0.910. The summed E-state index contributed by atoms with van der Waals surface area (Å²) in [7, 11) is -0.591. The Hall–Kier alpha value is -2.42. The topological polar surface area (TPSA) is 79.0 Å². The van der Waals surface area contributed by atoms with E-state index < -0.39 is 10.2 Å². The predicted molar refractivity (Wildman–Crippen MR) is 120 cm³/mol. The van der Waals surface area contributed by atoms with Crippen LogP contribution < -0.4 is 9.46 Å². The molecule has 2 bridgehead atoms. The Kier molecular flexibility index (Phi) is 6.31. The van der Waals surface area contributed by atoms with Crippen LogP contribution in [-0.4, -0.2) is 62.9 Å². The van der Waals surface area contributed by atoms with Crippen LogP contribution in [0.15, 0.2) is 48.5 Å². The highest BCUT2D eigenvalue weighted by Gasteiger charge is 2.37. The van der Waals surface area contributed by atoms with Crippen LogP contribution in [0.2, 0.25) is 0 Å². The molecule has 2 aliphatic rings. The van der Waals surface area contributed by atoms with Crippen LogP contribution in [0, 0.1) is 0 Å². The van der Waals surface area contributed by atoms with Gasteiger partial charge in [-0.05, 0) is 36.5 Å². The smallest absolute Gasteiger partial charge is 0.279 e. The van der Waals surface area contributed by atoms with Crippen molar-refractivity contribution in [3.63, 3.8) is 0 Å². The van der Waals surface area contributed by atoms with Gasteiger partial charge in [-0.15, -0.1) is 0 Å². The first-order chi connectivity index (χ1) is 14.8. The van der Waals surface area contributed by atoms with Crippen molar-refractivity contribution in [1.29, 1.82) is 0 Å². The summed E-state index contributed by atoms with van der Waals surface area (Å²) in [6, 6.07) is 15.4. The molecule has 8 heteroatoms. The van der Waals surface area contributed by atoms with E-state index in [-0.39, 0.29) is 31.0 Å². The van der Waals surface area contributed by atoms with Crippen LogP contribution in [0.1, 0.15) is 24.8 Å².